The predicted molar refractivity (Wildman–Crippen MR) is 73.9 cm³/mol. The minimum absolute atomic E-state index is 0.376. The molecular weight excluding hydrogens is 274 g/mol. The molecule has 6 nitrogen and oxygen atoms in total. The van der Waals surface area contributed by atoms with Crippen molar-refractivity contribution in [3.8, 4) is 0 Å². The molecule has 0 saturated carbocycles. The largest absolute Gasteiger partial charge is 0.481 e. The van der Waals surface area contributed by atoms with Gasteiger partial charge in [0.1, 0.15) is 6.04 Å². The van der Waals surface area contributed by atoms with E-state index < -0.39 is 30.3 Å². The third-order valence-electron chi connectivity index (χ3n) is 3.67. The van der Waals surface area contributed by atoms with Gasteiger partial charge in [0.15, 0.2) is 0 Å². The molecule has 0 radical (unpaired) electrons. The number of carboxylic acids is 2. The fourth-order valence-corrected chi connectivity index (χ4v) is 2.81. The highest BCUT2D eigenvalue weighted by Gasteiger charge is 2.43. The van der Waals surface area contributed by atoms with E-state index in [2.05, 4.69) is 0 Å². The van der Waals surface area contributed by atoms with Gasteiger partial charge < -0.3 is 15.1 Å². The molecule has 2 atom stereocenters. The first-order valence-corrected chi connectivity index (χ1v) is 6.83. The smallest absolute Gasteiger partial charge is 0.327 e. The van der Waals surface area contributed by atoms with Crippen molar-refractivity contribution in [3.05, 3.63) is 35.4 Å². The highest BCUT2D eigenvalue weighted by molar-refractivity contribution is 6.01. The normalized spacial score (nSPS) is 18.4. The summed E-state index contributed by atoms with van der Waals surface area (Å²) >= 11 is 0. The summed E-state index contributed by atoms with van der Waals surface area (Å²) in [5.74, 6) is -2.93. The van der Waals surface area contributed by atoms with Gasteiger partial charge in [-0.25, -0.2) is 4.79 Å². The molecule has 1 amide bonds. The van der Waals surface area contributed by atoms with Crippen LogP contribution in [-0.2, 0) is 9.59 Å². The molecule has 0 bridgehead atoms. The Hall–Kier alpha value is -2.37. The van der Waals surface area contributed by atoms with E-state index in [-0.39, 0.29) is 6.04 Å². The van der Waals surface area contributed by atoms with Crippen molar-refractivity contribution in [1.82, 2.24) is 4.90 Å². The molecule has 21 heavy (non-hydrogen) atoms. The van der Waals surface area contributed by atoms with Crippen LogP contribution in [0, 0.1) is 0 Å². The number of hydrogen-bond acceptors (Lipinski definition) is 3. The van der Waals surface area contributed by atoms with Crippen molar-refractivity contribution in [2.75, 3.05) is 0 Å². The summed E-state index contributed by atoms with van der Waals surface area (Å²) in [6, 6.07) is 5.24. The Morgan fingerprint density at radius 3 is 2.52 bits per heavy atom. The molecule has 1 heterocycles. The minimum atomic E-state index is -1.35. The summed E-state index contributed by atoms with van der Waals surface area (Å²) < 4.78 is 0. The van der Waals surface area contributed by atoms with Gasteiger partial charge in [-0.05, 0) is 18.1 Å². The summed E-state index contributed by atoms with van der Waals surface area (Å²) in [5.41, 5.74) is 1.24. The first kappa shape index (κ1) is 15.0. The van der Waals surface area contributed by atoms with Crippen LogP contribution in [-0.4, -0.2) is 39.0 Å². The Labute approximate surface area is 122 Å². The van der Waals surface area contributed by atoms with Crippen LogP contribution in [0.25, 0.3) is 0 Å². The summed E-state index contributed by atoms with van der Waals surface area (Å²) in [6.07, 6.45) is 0.767. The number of amides is 1. The van der Waals surface area contributed by atoms with Gasteiger partial charge in [-0.15, -0.1) is 0 Å². The van der Waals surface area contributed by atoms with Crippen molar-refractivity contribution < 1.29 is 24.6 Å². The zero-order valence-electron chi connectivity index (χ0n) is 11.7. The molecule has 0 spiro atoms. The van der Waals surface area contributed by atoms with Crippen LogP contribution in [0.4, 0.5) is 0 Å². The van der Waals surface area contributed by atoms with Crippen LogP contribution in [0.5, 0.6) is 0 Å². The van der Waals surface area contributed by atoms with Crippen LogP contribution in [0.1, 0.15) is 48.1 Å². The summed E-state index contributed by atoms with van der Waals surface area (Å²) in [6.45, 7) is 1.94. The lowest BCUT2D eigenvalue weighted by atomic mass is 10.0. The van der Waals surface area contributed by atoms with E-state index in [1.165, 1.54) is 4.90 Å². The maximum absolute atomic E-state index is 12.5. The van der Waals surface area contributed by atoms with Gasteiger partial charge in [-0.2, -0.15) is 0 Å². The molecule has 2 N–H and O–H groups in total. The van der Waals surface area contributed by atoms with Crippen molar-refractivity contribution in [2.24, 2.45) is 0 Å². The number of fused-ring (bicyclic) bond motifs is 1. The molecule has 6 heteroatoms. The van der Waals surface area contributed by atoms with Crippen molar-refractivity contribution in [1.29, 1.82) is 0 Å². The maximum Gasteiger partial charge on any atom is 0.327 e. The Morgan fingerprint density at radius 1 is 1.29 bits per heavy atom. The Balaban J connectivity index is 2.44. The van der Waals surface area contributed by atoms with Crippen LogP contribution in [0.2, 0.25) is 0 Å². The molecule has 1 aromatic carbocycles. The Bertz CT molecular complexity index is 583. The van der Waals surface area contributed by atoms with E-state index in [1.54, 1.807) is 24.3 Å². The molecule has 1 aromatic rings. The highest BCUT2D eigenvalue weighted by atomic mass is 16.4. The fraction of sp³-hybridized carbons (Fsp3) is 0.400. The summed E-state index contributed by atoms with van der Waals surface area (Å²) in [7, 11) is 0. The van der Waals surface area contributed by atoms with Gasteiger partial charge in [-0.3, -0.25) is 9.59 Å². The average molecular weight is 291 g/mol. The lowest BCUT2D eigenvalue weighted by molar-refractivity contribution is -0.149. The predicted octanol–water partition coefficient (Wildman–Crippen LogP) is 1.91. The van der Waals surface area contributed by atoms with E-state index in [9.17, 15) is 19.5 Å². The first-order chi connectivity index (χ1) is 9.97. The Kier molecular flexibility index (Phi) is 4.26. The molecule has 2 unspecified atom stereocenters. The third-order valence-corrected chi connectivity index (χ3v) is 3.67. The van der Waals surface area contributed by atoms with E-state index in [4.69, 9.17) is 5.11 Å². The lowest BCUT2D eigenvalue weighted by Crippen LogP contribution is -2.44. The molecule has 2 rings (SSSR count). The second-order valence-corrected chi connectivity index (χ2v) is 5.06. The number of carboxylic acid groups (broad SMARTS) is 2. The third kappa shape index (κ3) is 2.74. The van der Waals surface area contributed by atoms with E-state index in [1.807, 2.05) is 6.92 Å². The summed E-state index contributed by atoms with van der Waals surface area (Å²) in [5, 5.41) is 18.2. The zero-order valence-corrected chi connectivity index (χ0v) is 11.7. The molecule has 0 saturated heterocycles. The summed E-state index contributed by atoms with van der Waals surface area (Å²) in [4.78, 5) is 36.0. The van der Waals surface area contributed by atoms with Crippen LogP contribution < -0.4 is 0 Å². The molecular formula is C15H17NO5. The minimum Gasteiger partial charge on any atom is -0.481 e. The number of carbonyl (C=O) groups excluding carboxylic acids is 1. The van der Waals surface area contributed by atoms with Gasteiger partial charge in [0.25, 0.3) is 5.91 Å². The molecule has 1 aliphatic heterocycles. The SMILES string of the molecule is CCCC1c2ccccc2C(=O)N1C(CC(=O)O)C(=O)O. The highest BCUT2D eigenvalue weighted by Crippen LogP contribution is 2.38. The topological polar surface area (TPSA) is 94.9 Å². The standard InChI is InChI=1S/C15H17NO5/c1-2-5-11-9-6-3-4-7-10(9)14(19)16(11)12(15(20)21)8-13(17)18/h3-4,6-7,11-12H,2,5,8H2,1H3,(H,17,18)(H,20,21). The average Bonchev–Trinajstić information content (AvgIpc) is 2.70. The van der Waals surface area contributed by atoms with Crippen LogP contribution >= 0.6 is 0 Å². The second kappa shape index (κ2) is 5.95. The van der Waals surface area contributed by atoms with Crippen LogP contribution in [0.15, 0.2) is 24.3 Å². The van der Waals surface area contributed by atoms with Crippen molar-refractivity contribution >= 4 is 17.8 Å². The molecule has 0 aromatic heterocycles. The van der Waals surface area contributed by atoms with Gasteiger partial charge in [0.05, 0.1) is 12.5 Å². The first-order valence-electron chi connectivity index (χ1n) is 6.83. The van der Waals surface area contributed by atoms with E-state index >= 15 is 0 Å². The molecule has 112 valence electrons. The van der Waals surface area contributed by atoms with Gasteiger partial charge in [-0.1, -0.05) is 31.5 Å². The molecule has 0 fully saturated rings. The maximum atomic E-state index is 12.5. The lowest BCUT2D eigenvalue weighted by Gasteiger charge is -2.30. The van der Waals surface area contributed by atoms with Gasteiger partial charge in [0.2, 0.25) is 0 Å². The van der Waals surface area contributed by atoms with Crippen molar-refractivity contribution in [3.63, 3.8) is 0 Å². The van der Waals surface area contributed by atoms with Crippen LogP contribution in [0.3, 0.4) is 0 Å². The number of carbonyl (C=O) groups is 3. The zero-order chi connectivity index (χ0) is 15.6. The van der Waals surface area contributed by atoms with E-state index in [0.29, 0.717) is 12.0 Å². The second-order valence-electron chi connectivity index (χ2n) is 5.06. The number of aliphatic carboxylic acids is 2. The quantitative estimate of drug-likeness (QED) is 0.834. The number of benzene rings is 1. The van der Waals surface area contributed by atoms with Gasteiger partial charge in [0, 0.05) is 5.56 Å². The van der Waals surface area contributed by atoms with Crippen molar-refractivity contribution in [2.45, 2.75) is 38.3 Å². The Morgan fingerprint density at radius 2 is 1.95 bits per heavy atom. The fourth-order valence-electron chi connectivity index (χ4n) is 2.81. The number of hydrogen-bond donors (Lipinski definition) is 2. The number of nitrogens with zero attached hydrogens (tertiary/aromatic N) is 1. The molecule has 1 aliphatic rings. The monoisotopic (exact) mass is 291 g/mol. The van der Waals surface area contributed by atoms with E-state index in [0.717, 1.165) is 12.0 Å². The molecule has 0 aliphatic carbocycles. The van der Waals surface area contributed by atoms with Gasteiger partial charge >= 0.3 is 11.9 Å². The number of rotatable bonds is 6.